The van der Waals surface area contributed by atoms with E-state index in [1.54, 1.807) is 0 Å². The largest absolute Gasteiger partial charge is 0.463 e. The number of aromatic nitrogens is 3. The molecular weight excluding hydrogens is 260 g/mol. The second-order valence-corrected chi connectivity index (χ2v) is 4.88. The van der Waals surface area contributed by atoms with Gasteiger partial charge in [-0.2, -0.15) is 15.0 Å². The Morgan fingerprint density at radius 3 is 2.80 bits per heavy atom. The summed E-state index contributed by atoms with van der Waals surface area (Å²) < 4.78 is 5.41. The predicted octanol–water partition coefficient (Wildman–Crippen LogP) is 0.519. The average Bonchev–Trinajstić information content (AvgIpc) is 2.92. The van der Waals surface area contributed by atoms with Crippen molar-refractivity contribution in [3.63, 3.8) is 0 Å². The Morgan fingerprint density at radius 1 is 1.30 bits per heavy atom. The molecule has 8 nitrogen and oxygen atoms in total. The van der Waals surface area contributed by atoms with Crippen LogP contribution in [0.15, 0.2) is 0 Å². The van der Waals surface area contributed by atoms with Crippen LogP contribution in [-0.4, -0.2) is 39.3 Å². The van der Waals surface area contributed by atoms with Gasteiger partial charge in [0.05, 0.1) is 6.61 Å². The number of ether oxygens (including phenoxy) is 1. The zero-order valence-corrected chi connectivity index (χ0v) is 11.7. The quantitative estimate of drug-likeness (QED) is 0.422. The summed E-state index contributed by atoms with van der Waals surface area (Å²) in [6, 6.07) is 0.419. The number of aliphatic hydroxyl groups excluding tert-OH is 1. The van der Waals surface area contributed by atoms with Gasteiger partial charge in [-0.3, -0.25) is 5.43 Å². The highest BCUT2D eigenvalue weighted by Gasteiger charge is 2.27. The zero-order chi connectivity index (χ0) is 14.4. The van der Waals surface area contributed by atoms with Crippen molar-refractivity contribution in [1.82, 2.24) is 15.0 Å². The van der Waals surface area contributed by atoms with E-state index in [1.165, 1.54) is 0 Å². The van der Waals surface area contributed by atoms with Crippen LogP contribution >= 0.6 is 0 Å². The summed E-state index contributed by atoms with van der Waals surface area (Å²) in [5.74, 6) is 6.27. The van der Waals surface area contributed by atoms with Crippen LogP contribution in [0.3, 0.4) is 0 Å². The first-order valence-electron chi connectivity index (χ1n) is 6.99. The van der Waals surface area contributed by atoms with Crippen LogP contribution < -0.4 is 21.3 Å². The molecule has 1 aromatic rings. The maximum atomic E-state index is 9.34. The Kier molecular flexibility index (Phi) is 5.31. The number of hydrazine groups is 1. The number of rotatable bonds is 7. The smallest absolute Gasteiger partial charge is 0.323 e. The molecule has 0 amide bonds. The van der Waals surface area contributed by atoms with Crippen LogP contribution in [0.1, 0.15) is 32.6 Å². The lowest BCUT2D eigenvalue weighted by molar-refractivity contribution is 0.222. The monoisotopic (exact) mass is 282 g/mol. The third-order valence-electron chi connectivity index (χ3n) is 3.39. The van der Waals surface area contributed by atoms with Gasteiger partial charge in [-0.15, -0.1) is 0 Å². The standard InChI is InChI=1S/C12H22N6O2/c1-2-6-20-12-16-10(15-11(17-12)18-13)14-9-5-3-4-8(9)7-19/h8-9,19H,2-7,13H2,1H3,(H2,14,15,16,17,18). The molecule has 0 radical (unpaired) electrons. The predicted molar refractivity (Wildman–Crippen MR) is 75.3 cm³/mol. The number of hydrogen-bond donors (Lipinski definition) is 4. The highest BCUT2D eigenvalue weighted by Crippen LogP contribution is 2.27. The SMILES string of the molecule is CCCOc1nc(NN)nc(NC2CCCC2CO)n1. The molecule has 0 spiro atoms. The molecule has 112 valence electrons. The fraction of sp³-hybridized carbons (Fsp3) is 0.750. The molecule has 2 atom stereocenters. The van der Waals surface area contributed by atoms with Gasteiger partial charge >= 0.3 is 6.01 Å². The van der Waals surface area contributed by atoms with E-state index in [9.17, 15) is 5.11 Å². The van der Waals surface area contributed by atoms with Crippen molar-refractivity contribution in [1.29, 1.82) is 0 Å². The van der Waals surface area contributed by atoms with E-state index in [0.29, 0.717) is 12.6 Å². The van der Waals surface area contributed by atoms with Crippen molar-refractivity contribution in [3.8, 4) is 6.01 Å². The van der Waals surface area contributed by atoms with Crippen molar-refractivity contribution in [2.24, 2.45) is 11.8 Å². The number of anilines is 2. The summed E-state index contributed by atoms with van der Waals surface area (Å²) in [6.45, 7) is 2.72. The minimum absolute atomic E-state index is 0.171. The summed E-state index contributed by atoms with van der Waals surface area (Å²) in [6.07, 6.45) is 3.97. The number of aliphatic hydroxyl groups is 1. The first kappa shape index (κ1) is 14.7. The molecule has 0 aromatic carbocycles. The lowest BCUT2D eigenvalue weighted by atomic mass is 10.1. The topological polar surface area (TPSA) is 118 Å². The molecule has 2 unspecified atom stereocenters. The minimum atomic E-state index is 0.171. The van der Waals surface area contributed by atoms with Crippen molar-refractivity contribution in [2.45, 2.75) is 38.6 Å². The second-order valence-electron chi connectivity index (χ2n) is 4.88. The Labute approximate surface area is 118 Å². The van der Waals surface area contributed by atoms with Crippen molar-refractivity contribution in [2.75, 3.05) is 24.0 Å². The molecule has 1 aliphatic carbocycles. The Morgan fingerprint density at radius 2 is 2.10 bits per heavy atom. The number of nitrogens with zero attached hydrogens (tertiary/aromatic N) is 3. The van der Waals surface area contributed by atoms with E-state index < -0.39 is 0 Å². The molecule has 5 N–H and O–H groups in total. The lowest BCUT2D eigenvalue weighted by Gasteiger charge is -2.19. The molecule has 1 aromatic heterocycles. The molecule has 0 bridgehead atoms. The maximum absolute atomic E-state index is 9.34. The number of nitrogen functional groups attached to an aromatic ring is 1. The van der Waals surface area contributed by atoms with Gasteiger partial charge in [0.2, 0.25) is 11.9 Å². The van der Waals surface area contributed by atoms with Gasteiger partial charge in [0.1, 0.15) is 0 Å². The highest BCUT2D eigenvalue weighted by atomic mass is 16.5. The summed E-state index contributed by atoms with van der Waals surface area (Å²) in [5.41, 5.74) is 2.40. The maximum Gasteiger partial charge on any atom is 0.323 e. The van der Waals surface area contributed by atoms with Gasteiger partial charge in [-0.25, -0.2) is 5.84 Å². The zero-order valence-electron chi connectivity index (χ0n) is 11.7. The van der Waals surface area contributed by atoms with Crippen molar-refractivity contribution in [3.05, 3.63) is 0 Å². The van der Waals surface area contributed by atoms with Gasteiger partial charge in [-0.1, -0.05) is 13.3 Å². The lowest BCUT2D eigenvalue weighted by Crippen LogP contribution is -2.28. The number of nitrogens with one attached hydrogen (secondary N) is 2. The Hall–Kier alpha value is -1.67. The fourth-order valence-corrected chi connectivity index (χ4v) is 2.35. The van der Waals surface area contributed by atoms with Crippen LogP contribution in [0.25, 0.3) is 0 Å². The first-order valence-corrected chi connectivity index (χ1v) is 6.99. The van der Waals surface area contributed by atoms with Crippen LogP contribution in [0.5, 0.6) is 6.01 Å². The Bertz CT molecular complexity index is 430. The van der Waals surface area contributed by atoms with Crippen LogP contribution in [0.2, 0.25) is 0 Å². The van der Waals surface area contributed by atoms with Gasteiger partial charge in [0.25, 0.3) is 0 Å². The van der Waals surface area contributed by atoms with Crippen LogP contribution in [-0.2, 0) is 0 Å². The van der Waals surface area contributed by atoms with Gasteiger partial charge in [0.15, 0.2) is 0 Å². The number of nitrogens with two attached hydrogens (primary N) is 1. The Balaban J connectivity index is 2.09. The molecule has 20 heavy (non-hydrogen) atoms. The molecular formula is C12H22N6O2. The summed E-state index contributed by atoms with van der Waals surface area (Å²) in [4.78, 5) is 12.4. The third-order valence-corrected chi connectivity index (χ3v) is 3.39. The first-order chi connectivity index (χ1) is 9.76. The molecule has 1 aliphatic rings. The minimum Gasteiger partial charge on any atom is -0.463 e. The highest BCUT2D eigenvalue weighted by molar-refractivity contribution is 5.36. The van der Waals surface area contributed by atoms with Gasteiger partial charge < -0.3 is 15.2 Å². The van der Waals surface area contributed by atoms with E-state index in [2.05, 4.69) is 25.7 Å². The van der Waals surface area contributed by atoms with E-state index >= 15 is 0 Å². The van der Waals surface area contributed by atoms with Crippen LogP contribution in [0.4, 0.5) is 11.9 Å². The van der Waals surface area contributed by atoms with Gasteiger partial charge in [0, 0.05) is 18.6 Å². The van der Waals surface area contributed by atoms with Crippen LogP contribution in [0, 0.1) is 5.92 Å². The van der Waals surface area contributed by atoms with Crippen molar-refractivity contribution >= 4 is 11.9 Å². The summed E-state index contributed by atoms with van der Waals surface area (Å²) >= 11 is 0. The van der Waals surface area contributed by atoms with E-state index in [4.69, 9.17) is 10.6 Å². The molecule has 1 fully saturated rings. The molecule has 8 heteroatoms. The average molecular weight is 282 g/mol. The van der Waals surface area contributed by atoms with E-state index in [-0.39, 0.29) is 30.5 Å². The molecule has 1 saturated carbocycles. The molecule has 0 saturated heterocycles. The molecule has 1 heterocycles. The fourth-order valence-electron chi connectivity index (χ4n) is 2.35. The molecule has 0 aliphatic heterocycles. The number of hydrogen-bond acceptors (Lipinski definition) is 8. The van der Waals surface area contributed by atoms with E-state index in [0.717, 1.165) is 25.7 Å². The third kappa shape index (κ3) is 3.67. The normalized spacial score (nSPS) is 21.8. The molecule has 2 rings (SSSR count). The summed E-state index contributed by atoms with van der Waals surface area (Å²) in [7, 11) is 0. The summed E-state index contributed by atoms with van der Waals surface area (Å²) in [5, 5.41) is 12.6. The van der Waals surface area contributed by atoms with Crippen molar-refractivity contribution < 1.29 is 9.84 Å². The second kappa shape index (κ2) is 7.20. The van der Waals surface area contributed by atoms with E-state index in [1.807, 2.05) is 6.92 Å². The van der Waals surface area contributed by atoms with Gasteiger partial charge in [-0.05, 0) is 19.3 Å².